The highest BCUT2D eigenvalue weighted by molar-refractivity contribution is 7.89. The van der Waals surface area contributed by atoms with Crippen molar-refractivity contribution in [3.05, 3.63) is 47.8 Å². The van der Waals surface area contributed by atoms with E-state index < -0.39 is 10.0 Å². The second-order valence-electron chi connectivity index (χ2n) is 4.26. The summed E-state index contributed by atoms with van der Waals surface area (Å²) in [7, 11) is -3.84. The van der Waals surface area contributed by atoms with E-state index in [1.165, 1.54) is 36.4 Å². The molecule has 0 unspecified atom stereocenters. The van der Waals surface area contributed by atoms with Crippen molar-refractivity contribution in [1.82, 2.24) is 0 Å². The SMILES string of the molecule is Cc1cc(Oc2cc(S(N)(=O)=O)ccc2N)ccc1F. The van der Waals surface area contributed by atoms with Crippen molar-refractivity contribution >= 4 is 15.7 Å². The molecular weight excluding hydrogens is 283 g/mol. The molecule has 0 radical (unpaired) electrons. The molecule has 0 atom stereocenters. The van der Waals surface area contributed by atoms with Gasteiger partial charge in [0, 0.05) is 6.07 Å². The van der Waals surface area contributed by atoms with E-state index >= 15 is 0 Å². The Bertz CT molecular complexity index is 760. The van der Waals surface area contributed by atoms with E-state index in [0.717, 1.165) is 0 Å². The number of aryl methyl sites for hydroxylation is 1. The number of primary sulfonamides is 1. The standard InChI is InChI=1S/C13H13FN2O3S/c1-8-6-9(2-4-11(8)14)19-13-7-10(20(16,17)18)3-5-12(13)15/h2-7H,15H2,1H3,(H2,16,17,18). The van der Waals surface area contributed by atoms with E-state index in [9.17, 15) is 12.8 Å². The molecule has 0 heterocycles. The van der Waals surface area contributed by atoms with Gasteiger partial charge in [-0.2, -0.15) is 0 Å². The minimum atomic E-state index is -3.84. The van der Waals surface area contributed by atoms with E-state index in [1.54, 1.807) is 6.92 Å². The molecule has 2 rings (SSSR count). The lowest BCUT2D eigenvalue weighted by atomic mass is 10.2. The zero-order chi connectivity index (χ0) is 14.9. The molecule has 7 heteroatoms. The lowest BCUT2D eigenvalue weighted by Crippen LogP contribution is -2.12. The van der Waals surface area contributed by atoms with Gasteiger partial charge in [-0.25, -0.2) is 17.9 Å². The Kier molecular flexibility index (Phi) is 3.65. The molecule has 106 valence electrons. The average molecular weight is 296 g/mol. The van der Waals surface area contributed by atoms with Gasteiger partial charge in [-0.05, 0) is 42.8 Å². The van der Waals surface area contributed by atoms with Gasteiger partial charge >= 0.3 is 0 Å². The van der Waals surface area contributed by atoms with Crippen LogP contribution in [0.4, 0.5) is 10.1 Å². The molecular formula is C13H13FN2O3S. The van der Waals surface area contributed by atoms with Gasteiger partial charge in [0.15, 0.2) is 5.75 Å². The fraction of sp³-hybridized carbons (Fsp3) is 0.0769. The fourth-order valence-electron chi connectivity index (χ4n) is 1.59. The first kappa shape index (κ1) is 14.3. The Morgan fingerprint density at radius 2 is 1.85 bits per heavy atom. The molecule has 0 saturated carbocycles. The topological polar surface area (TPSA) is 95.4 Å². The third-order valence-corrected chi connectivity index (χ3v) is 3.58. The van der Waals surface area contributed by atoms with Crippen LogP contribution in [0.1, 0.15) is 5.56 Å². The predicted octanol–water partition coefficient (Wildman–Crippen LogP) is 2.16. The van der Waals surface area contributed by atoms with Crippen molar-refractivity contribution < 1.29 is 17.5 Å². The molecule has 0 aliphatic carbocycles. The first-order chi connectivity index (χ1) is 9.27. The Labute approximate surface area is 116 Å². The quantitative estimate of drug-likeness (QED) is 0.848. The molecule has 5 nitrogen and oxygen atoms in total. The minimum Gasteiger partial charge on any atom is -0.455 e. The van der Waals surface area contributed by atoms with Crippen molar-refractivity contribution in [3.63, 3.8) is 0 Å². The lowest BCUT2D eigenvalue weighted by Gasteiger charge is -2.10. The van der Waals surface area contributed by atoms with Gasteiger partial charge in [0.25, 0.3) is 0 Å². The summed E-state index contributed by atoms with van der Waals surface area (Å²) in [6.45, 7) is 1.59. The van der Waals surface area contributed by atoms with E-state index in [-0.39, 0.29) is 22.1 Å². The van der Waals surface area contributed by atoms with E-state index in [0.29, 0.717) is 11.3 Å². The summed E-state index contributed by atoms with van der Waals surface area (Å²) in [6.07, 6.45) is 0. The molecule has 0 aromatic heterocycles. The van der Waals surface area contributed by atoms with Crippen LogP contribution in [0.5, 0.6) is 11.5 Å². The van der Waals surface area contributed by atoms with E-state index in [2.05, 4.69) is 0 Å². The van der Waals surface area contributed by atoms with Crippen LogP contribution in [0.3, 0.4) is 0 Å². The number of hydrogen-bond donors (Lipinski definition) is 2. The number of hydrogen-bond acceptors (Lipinski definition) is 4. The molecule has 0 fully saturated rings. The van der Waals surface area contributed by atoms with Crippen LogP contribution in [0.2, 0.25) is 0 Å². The lowest BCUT2D eigenvalue weighted by molar-refractivity contribution is 0.480. The highest BCUT2D eigenvalue weighted by Crippen LogP contribution is 2.30. The third-order valence-electron chi connectivity index (χ3n) is 2.67. The molecule has 4 N–H and O–H groups in total. The third kappa shape index (κ3) is 3.06. The Balaban J connectivity index is 2.40. The Hall–Kier alpha value is -2.12. The maximum Gasteiger partial charge on any atom is 0.238 e. The van der Waals surface area contributed by atoms with E-state index in [4.69, 9.17) is 15.6 Å². The van der Waals surface area contributed by atoms with Crippen molar-refractivity contribution in [2.75, 3.05) is 5.73 Å². The van der Waals surface area contributed by atoms with Crippen LogP contribution in [0.15, 0.2) is 41.3 Å². The molecule has 0 aliphatic rings. The van der Waals surface area contributed by atoms with Crippen LogP contribution in [-0.2, 0) is 10.0 Å². The van der Waals surface area contributed by atoms with Crippen molar-refractivity contribution in [2.24, 2.45) is 5.14 Å². The summed E-state index contributed by atoms with van der Waals surface area (Å²) >= 11 is 0. The molecule has 20 heavy (non-hydrogen) atoms. The molecule has 0 spiro atoms. The van der Waals surface area contributed by atoms with Gasteiger partial charge in [0.1, 0.15) is 11.6 Å². The number of rotatable bonds is 3. The summed E-state index contributed by atoms with van der Waals surface area (Å²) in [5, 5.41) is 5.04. The van der Waals surface area contributed by atoms with E-state index in [1.807, 2.05) is 0 Å². The van der Waals surface area contributed by atoms with Crippen molar-refractivity contribution in [2.45, 2.75) is 11.8 Å². The Morgan fingerprint density at radius 1 is 1.15 bits per heavy atom. The summed E-state index contributed by atoms with van der Waals surface area (Å²) in [6, 6.07) is 8.05. The maximum absolute atomic E-state index is 13.2. The summed E-state index contributed by atoms with van der Waals surface area (Å²) in [5.41, 5.74) is 6.37. The van der Waals surface area contributed by atoms with Crippen molar-refractivity contribution in [3.8, 4) is 11.5 Å². The number of nitrogens with two attached hydrogens (primary N) is 2. The van der Waals surface area contributed by atoms with Gasteiger partial charge in [-0.1, -0.05) is 0 Å². The van der Waals surface area contributed by atoms with Crippen LogP contribution in [0.25, 0.3) is 0 Å². The molecule has 2 aromatic rings. The minimum absolute atomic E-state index is 0.111. The fourth-order valence-corrected chi connectivity index (χ4v) is 2.12. The normalized spacial score (nSPS) is 11.3. The van der Waals surface area contributed by atoms with Crippen LogP contribution in [-0.4, -0.2) is 8.42 Å². The van der Waals surface area contributed by atoms with Gasteiger partial charge in [0.05, 0.1) is 10.6 Å². The zero-order valence-electron chi connectivity index (χ0n) is 10.6. The second-order valence-corrected chi connectivity index (χ2v) is 5.82. The van der Waals surface area contributed by atoms with Crippen LogP contribution >= 0.6 is 0 Å². The highest BCUT2D eigenvalue weighted by atomic mass is 32.2. The zero-order valence-corrected chi connectivity index (χ0v) is 11.4. The number of benzene rings is 2. The van der Waals surface area contributed by atoms with Crippen LogP contribution in [0, 0.1) is 12.7 Å². The number of nitrogen functional groups attached to an aromatic ring is 1. The predicted molar refractivity (Wildman–Crippen MR) is 73.4 cm³/mol. The first-order valence-electron chi connectivity index (χ1n) is 5.64. The molecule has 0 bridgehead atoms. The smallest absolute Gasteiger partial charge is 0.238 e. The summed E-state index contributed by atoms with van der Waals surface area (Å²) in [4.78, 5) is -0.111. The number of halogens is 1. The number of ether oxygens (including phenoxy) is 1. The average Bonchev–Trinajstić information content (AvgIpc) is 2.35. The highest BCUT2D eigenvalue weighted by Gasteiger charge is 2.12. The van der Waals surface area contributed by atoms with Crippen LogP contribution < -0.4 is 15.6 Å². The molecule has 2 aromatic carbocycles. The summed E-state index contributed by atoms with van der Waals surface area (Å²) < 4.78 is 41.2. The van der Waals surface area contributed by atoms with Gasteiger partial charge in [-0.15, -0.1) is 0 Å². The van der Waals surface area contributed by atoms with Gasteiger partial charge < -0.3 is 10.5 Å². The Morgan fingerprint density at radius 3 is 2.45 bits per heavy atom. The number of anilines is 1. The second kappa shape index (κ2) is 5.10. The number of sulfonamides is 1. The van der Waals surface area contributed by atoms with Crippen molar-refractivity contribution in [1.29, 1.82) is 0 Å². The summed E-state index contributed by atoms with van der Waals surface area (Å²) in [5.74, 6) is 0.133. The largest absolute Gasteiger partial charge is 0.455 e. The van der Waals surface area contributed by atoms with Gasteiger partial charge in [-0.3, -0.25) is 0 Å². The first-order valence-corrected chi connectivity index (χ1v) is 7.18. The molecule has 0 amide bonds. The maximum atomic E-state index is 13.2. The molecule has 0 saturated heterocycles. The molecule has 0 aliphatic heterocycles. The monoisotopic (exact) mass is 296 g/mol. The van der Waals surface area contributed by atoms with Gasteiger partial charge in [0.2, 0.25) is 10.0 Å².